The number of amides is 1. The summed E-state index contributed by atoms with van der Waals surface area (Å²) in [6.07, 6.45) is 4.11. The number of hydrogen-bond acceptors (Lipinski definition) is 5. The van der Waals surface area contributed by atoms with Crippen molar-refractivity contribution in [2.24, 2.45) is 0 Å². The van der Waals surface area contributed by atoms with Crippen LogP contribution in [0.4, 0.5) is 5.82 Å². The van der Waals surface area contributed by atoms with E-state index in [1.807, 2.05) is 6.92 Å². The van der Waals surface area contributed by atoms with E-state index >= 15 is 0 Å². The van der Waals surface area contributed by atoms with Crippen molar-refractivity contribution >= 4 is 11.7 Å². The van der Waals surface area contributed by atoms with Crippen molar-refractivity contribution < 1.29 is 9.53 Å². The predicted octanol–water partition coefficient (Wildman–Crippen LogP) is 1.11. The van der Waals surface area contributed by atoms with Crippen molar-refractivity contribution in [3.05, 3.63) is 17.6 Å². The number of nitrogens with zero attached hydrogens (tertiary/aromatic N) is 3. The van der Waals surface area contributed by atoms with Gasteiger partial charge in [-0.15, -0.1) is 0 Å². The highest BCUT2D eigenvalue weighted by molar-refractivity contribution is 5.79. The Labute approximate surface area is 123 Å². The Bertz CT molecular complexity index is 577. The molecule has 1 aromatic rings. The summed E-state index contributed by atoms with van der Waals surface area (Å²) < 4.78 is 5.65. The van der Waals surface area contributed by atoms with Gasteiger partial charge in [0.1, 0.15) is 24.0 Å². The van der Waals surface area contributed by atoms with E-state index in [0.717, 1.165) is 37.6 Å². The molecule has 6 nitrogen and oxygen atoms in total. The van der Waals surface area contributed by atoms with Gasteiger partial charge < -0.3 is 15.0 Å². The molecule has 2 aliphatic heterocycles. The molecule has 3 aliphatic rings. The minimum atomic E-state index is -0.436. The van der Waals surface area contributed by atoms with Gasteiger partial charge in [-0.3, -0.25) is 4.79 Å². The highest BCUT2D eigenvalue weighted by Crippen LogP contribution is 2.40. The summed E-state index contributed by atoms with van der Waals surface area (Å²) in [6, 6.07) is 2.14. The Kier molecular flexibility index (Phi) is 2.89. The maximum Gasteiger partial charge on any atom is 0.248 e. The Morgan fingerprint density at radius 2 is 2.10 bits per heavy atom. The van der Waals surface area contributed by atoms with E-state index in [4.69, 9.17) is 4.74 Å². The monoisotopic (exact) mass is 288 g/mol. The molecule has 4 rings (SSSR count). The SMILES string of the molecule is Cc1nc(C2CC2)cc(N2CCC3(CC2)NC(=O)CO3)n1. The minimum Gasteiger partial charge on any atom is -0.356 e. The van der Waals surface area contributed by atoms with E-state index in [2.05, 4.69) is 26.3 Å². The molecular formula is C15H20N4O2. The largest absolute Gasteiger partial charge is 0.356 e. The Morgan fingerprint density at radius 1 is 1.33 bits per heavy atom. The lowest BCUT2D eigenvalue weighted by Crippen LogP contribution is -2.52. The molecule has 0 unspecified atom stereocenters. The number of carbonyl (C=O) groups is 1. The van der Waals surface area contributed by atoms with Gasteiger partial charge in [0.15, 0.2) is 0 Å². The number of hydrogen-bond donors (Lipinski definition) is 1. The summed E-state index contributed by atoms with van der Waals surface area (Å²) in [5.41, 5.74) is 0.748. The average molecular weight is 288 g/mol. The van der Waals surface area contributed by atoms with Gasteiger partial charge in [0.05, 0.1) is 0 Å². The fourth-order valence-corrected chi connectivity index (χ4v) is 3.22. The maximum absolute atomic E-state index is 11.4. The van der Waals surface area contributed by atoms with Gasteiger partial charge >= 0.3 is 0 Å². The molecule has 21 heavy (non-hydrogen) atoms. The molecule has 112 valence electrons. The summed E-state index contributed by atoms with van der Waals surface area (Å²) in [4.78, 5) is 22.8. The van der Waals surface area contributed by atoms with Crippen molar-refractivity contribution in [2.75, 3.05) is 24.6 Å². The second kappa shape index (κ2) is 4.66. The predicted molar refractivity (Wildman–Crippen MR) is 77.0 cm³/mol. The number of aromatic nitrogens is 2. The van der Waals surface area contributed by atoms with Crippen LogP contribution < -0.4 is 10.2 Å². The zero-order valence-electron chi connectivity index (χ0n) is 12.3. The highest BCUT2D eigenvalue weighted by Gasteiger charge is 2.42. The van der Waals surface area contributed by atoms with E-state index in [0.29, 0.717) is 5.92 Å². The first-order chi connectivity index (χ1) is 10.1. The number of piperidine rings is 1. The molecule has 1 aromatic heterocycles. The van der Waals surface area contributed by atoms with E-state index in [1.54, 1.807) is 0 Å². The third-order valence-corrected chi connectivity index (χ3v) is 4.58. The van der Waals surface area contributed by atoms with Gasteiger partial charge in [0.25, 0.3) is 0 Å². The summed E-state index contributed by atoms with van der Waals surface area (Å²) in [7, 11) is 0. The normalized spacial score (nSPS) is 24.4. The lowest BCUT2D eigenvalue weighted by atomic mass is 10.0. The standard InChI is InChI=1S/C15H20N4O2/c1-10-16-12(11-2-3-11)8-13(17-10)19-6-4-15(5-7-19)18-14(20)9-21-15/h8,11H,2-7,9H2,1H3,(H,18,20). The quantitative estimate of drug-likeness (QED) is 0.883. The topological polar surface area (TPSA) is 67.4 Å². The minimum absolute atomic E-state index is 0.00245. The number of rotatable bonds is 2. The van der Waals surface area contributed by atoms with Gasteiger partial charge in [-0.25, -0.2) is 9.97 Å². The summed E-state index contributed by atoms with van der Waals surface area (Å²) in [5.74, 6) is 2.50. The smallest absolute Gasteiger partial charge is 0.248 e. The summed E-state index contributed by atoms with van der Waals surface area (Å²) >= 11 is 0. The van der Waals surface area contributed by atoms with Crippen LogP contribution in [0.2, 0.25) is 0 Å². The van der Waals surface area contributed by atoms with Crippen LogP contribution in [0.3, 0.4) is 0 Å². The van der Waals surface area contributed by atoms with Crippen LogP contribution >= 0.6 is 0 Å². The maximum atomic E-state index is 11.4. The van der Waals surface area contributed by atoms with Gasteiger partial charge in [0.2, 0.25) is 5.91 Å². The molecule has 0 bridgehead atoms. The first kappa shape index (κ1) is 13.0. The fourth-order valence-electron chi connectivity index (χ4n) is 3.22. The number of carbonyl (C=O) groups excluding carboxylic acids is 1. The van der Waals surface area contributed by atoms with Crippen LogP contribution in [0.5, 0.6) is 0 Å². The Morgan fingerprint density at radius 3 is 2.71 bits per heavy atom. The van der Waals surface area contributed by atoms with E-state index < -0.39 is 5.72 Å². The van der Waals surface area contributed by atoms with Crippen LogP contribution in [-0.2, 0) is 9.53 Å². The number of ether oxygens (including phenoxy) is 1. The summed E-state index contributed by atoms with van der Waals surface area (Å²) in [6.45, 7) is 3.85. The third-order valence-electron chi connectivity index (χ3n) is 4.58. The Balaban J connectivity index is 1.49. The molecule has 0 aromatic carbocycles. The number of aryl methyl sites for hydroxylation is 1. The van der Waals surface area contributed by atoms with Crippen LogP contribution in [0.25, 0.3) is 0 Å². The molecule has 3 fully saturated rings. The molecule has 3 heterocycles. The van der Waals surface area contributed by atoms with Gasteiger partial charge in [-0.05, 0) is 19.8 Å². The second-order valence-electron chi connectivity index (χ2n) is 6.29. The molecule has 1 N–H and O–H groups in total. The van der Waals surface area contributed by atoms with E-state index in [1.165, 1.54) is 18.5 Å². The molecule has 1 spiro atoms. The molecule has 1 amide bonds. The zero-order valence-corrected chi connectivity index (χ0v) is 12.3. The first-order valence-electron chi connectivity index (χ1n) is 7.69. The zero-order chi connectivity index (χ0) is 14.4. The van der Waals surface area contributed by atoms with Gasteiger partial charge in [-0.2, -0.15) is 0 Å². The second-order valence-corrected chi connectivity index (χ2v) is 6.29. The molecule has 0 radical (unpaired) electrons. The Hall–Kier alpha value is -1.69. The van der Waals surface area contributed by atoms with E-state index in [9.17, 15) is 4.79 Å². The average Bonchev–Trinajstić information content (AvgIpc) is 3.25. The number of anilines is 1. The van der Waals surface area contributed by atoms with Crippen molar-refractivity contribution in [2.45, 2.75) is 44.2 Å². The lowest BCUT2D eigenvalue weighted by Gasteiger charge is -2.38. The van der Waals surface area contributed by atoms with Crippen LogP contribution in [0.15, 0.2) is 6.07 Å². The van der Waals surface area contributed by atoms with Crippen molar-refractivity contribution in [3.63, 3.8) is 0 Å². The van der Waals surface area contributed by atoms with Crippen LogP contribution in [0, 0.1) is 6.92 Å². The molecule has 1 aliphatic carbocycles. The highest BCUT2D eigenvalue weighted by atomic mass is 16.5. The number of nitrogens with one attached hydrogen (secondary N) is 1. The van der Waals surface area contributed by atoms with Crippen molar-refractivity contribution in [1.82, 2.24) is 15.3 Å². The lowest BCUT2D eigenvalue weighted by molar-refractivity contribution is -0.119. The van der Waals surface area contributed by atoms with Crippen molar-refractivity contribution in [3.8, 4) is 0 Å². The third kappa shape index (κ3) is 2.48. The molecule has 0 atom stereocenters. The molecule has 2 saturated heterocycles. The first-order valence-corrected chi connectivity index (χ1v) is 7.69. The molecular weight excluding hydrogens is 268 g/mol. The van der Waals surface area contributed by atoms with Crippen LogP contribution in [0.1, 0.15) is 43.1 Å². The molecule has 6 heteroatoms. The van der Waals surface area contributed by atoms with E-state index in [-0.39, 0.29) is 12.5 Å². The molecule has 1 saturated carbocycles. The fraction of sp³-hybridized carbons (Fsp3) is 0.667. The van der Waals surface area contributed by atoms with Crippen LogP contribution in [-0.4, -0.2) is 41.3 Å². The summed E-state index contributed by atoms with van der Waals surface area (Å²) in [5, 5.41) is 2.97. The van der Waals surface area contributed by atoms with Gasteiger partial charge in [-0.1, -0.05) is 0 Å². The van der Waals surface area contributed by atoms with Crippen molar-refractivity contribution in [1.29, 1.82) is 0 Å². The van der Waals surface area contributed by atoms with Gasteiger partial charge in [0, 0.05) is 43.6 Å².